The van der Waals surface area contributed by atoms with Crippen LogP contribution in [0, 0.1) is 0 Å². The second kappa shape index (κ2) is 19.7. The second-order valence-electron chi connectivity index (χ2n) is 13.3. The molecule has 0 saturated heterocycles. The summed E-state index contributed by atoms with van der Waals surface area (Å²) in [6, 6.07) is 18.3. The fourth-order valence-electron chi connectivity index (χ4n) is 5.55. The van der Waals surface area contributed by atoms with E-state index in [1.807, 2.05) is 22.4 Å². The van der Waals surface area contributed by atoms with Crippen LogP contribution in [0.1, 0.15) is 68.0 Å². The second-order valence-corrected chi connectivity index (χ2v) is 14.0. The average Bonchev–Trinajstić information content (AvgIpc) is 3.92. The van der Waals surface area contributed by atoms with Gasteiger partial charge in [-0.1, -0.05) is 12.1 Å². The van der Waals surface area contributed by atoms with Gasteiger partial charge in [0.15, 0.2) is 6.61 Å². The Labute approximate surface area is 334 Å². The molecule has 6 rings (SSSR count). The number of carbonyl (C=O) groups excluding carboxylic acids is 5. The quantitative estimate of drug-likeness (QED) is 0.0930. The fourth-order valence-corrected chi connectivity index (χ4v) is 6.12. The third-order valence-electron chi connectivity index (χ3n) is 8.76. The first-order valence-corrected chi connectivity index (χ1v) is 19.0. The molecule has 0 spiro atoms. The topological polar surface area (TPSA) is 222 Å². The van der Waals surface area contributed by atoms with Crippen LogP contribution in [0.15, 0.2) is 77.6 Å². The zero-order chi connectivity index (χ0) is 41.8. The van der Waals surface area contributed by atoms with E-state index in [9.17, 15) is 37.1 Å². The Morgan fingerprint density at radius 3 is 2.17 bits per heavy atom. The summed E-state index contributed by atoms with van der Waals surface area (Å²) in [5, 5.41) is 20.3. The zero-order valence-electron chi connectivity index (χ0n) is 30.8. The lowest BCUT2D eigenvalue weighted by Crippen LogP contribution is -2.42. The van der Waals surface area contributed by atoms with Crippen LogP contribution in [-0.2, 0) is 27.3 Å². The molecule has 1 saturated carbocycles. The van der Waals surface area contributed by atoms with Crippen molar-refractivity contribution in [3.05, 3.63) is 106 Å². The maximum absolute atomic E-state index is 13.5. The Kier molecular flexibility index (Phi) is 14.5. The molecule has 2 heterocycles. The van der Waals surface area contributed by atoms with E-state index in [0.29, 0.717) is 72.7 Å². The highest BCUT2D eigenvalue weighted by molar-refractivity contribution is 7.07. The maximum atomic E-state index is 13.5. The van der Waals surface area contributed by atoms with Gasteiger partial charge in [-0.2, -0.15) is 13.2 Å². The maximum Gasteiger partial charge on any atom is 0.490 e. The van der Waals surface area contributed by atoms with Gasteiger partial charge in [-0.15, -0.1) is 11.3 Å². The van der Waals surface area contributed by atoms with Crippen LogP contribution in [0.4, 0.5) is 24.5 Å². The van der Waals surface area contributed by atoms with Crippen LogP contribution in [-0.4, -0.2) is 88.5 Å². The summed E-state index contributed by atoms with van der Waals surface area (Å²) >= 11 is 1.46. The number of amides is 5. The number of carbonyl (C=O) groups is 6. The number of ether oxygens (including phenoxy) is 1. The molecule has 19 heteroatoms. The molecular weight excluding hydrogens is 784 g/mol. The number of nitrogens with zero attached hydrogens (tertiary/aromatic N) is 2. The van der Waals surface area contributed by atoms with Gasteiger partial charge in [0, 0.05) is 59.9 Å². The number of anilines is 2. The molecule has 15 nitrogen and oxygen atoms in total. The van der Waals surface area contributed by atoms with Crippen molar-refractivity contribution >= 4 is 58.2 Å². The highest BCUT2D eigenvalue weighted by Gasteiger charge is 2.38. The van der Waals surface area contributed by atoms with E-state index in [1.54, 1.807) is 60.1 Å². The van der Waals surface area contributed by atoms with Crippen molar-refractivity contribution in [2.75, 3.05) is 30.3 Å². The van der Waals surface area contributed by atoms with Gasteiger partial charge in [0.25, 0.3) is 23.6 Å². The van der Waals surface area contributed by atoms with Crippen LogP contribution >= 0.6 is 11.3 Å². The SMILES string of the molecule is N[C@@H](Cc1cscn1)C(=O)NCCCCNC(=O)c1ccc(NC(=O)c2ccc(CN(C(=O)c3ccc4c(c3)OCC(=O)N4)C3CC3)cc2)cc1.O=C(O)C(F)(F)F. The van der Waals surface area contributed by atoms with Gasteiger partial charge >= 0.3 is 12.1 Å². The minimum atomic E-state index is -5.08. The summed E-state index contributed by atoms with van der Waals surface area (Å²) < 4.78 is 37.2. The predicted molar refractivity (Wildman–Crippen MR) is 206 cm³/mol. The van der Waals surface area contributed by atoms with Crippen LogP contribution < -0.4 is 31.7 Å². The van der Waals surface area contributed by atoms with Crippen LogP contribution in [0.3, 0.4) is 0 Å². The van der Waals surface area contributed by atoms with Crippen molar-refractivity contribution in [1.82, 2.24) is 20.5 Å². The number of fused-ring (bicyclic) bond motifs is 1. The molecule has 5 amide bonds. The molecule has 1 fully saturated rings. The van der Waals surface area contributed by atoms with Crippen molar-refractivity contribution in [3.8, 4) is 5.75 Å². The van der Waals surface area contributed by atoms with E-state index < -0.39 is 18.2 Å². The number of carboxylic acids is 1. The van der Waals surface area contributed by atoms with Crippen molar-refractivity contribution in [2.45, 2.75) is 56.9 Å². The molecule has 1 aliphatic heterocycles. The first-order valence-electron chi connectivity index (χ1n) is 18.0. The van der Waals surface area contributed by atoms with Crippen molar-refractivity contribution in [3.63, 3.8) is 0 Å². The summed E-state index contributed by atoms with van der Waals surface area (Å²) in [5.41, 5.74) is 11.8. The minimum absolute atomic E-state index is 0.0857. The van der Waals surface area contributed by atoms with E-state index >= 15 is 0 Å². The van der Waals surface area contributed by atoms with E-state index in [2.05, 4.69) is 26.3 Å². The number of rotatable bonds is 15. The van der Waals surface area contributed by atoms with E-state index in [-0.39, 0.29) is 42.2 Å². The number of nitrogens with one attached hydrogen (secondary N) is 4. The molecule has 1 atom stereocenters. The average molecular weight is 824 g/mol. The molecule has 7 N–H and O–H groups in total. The number of alkyl halides is 3. The zero-order valence-corrected chi connectivity index (χ0v) is 31.7. The molecule has 4 aromatic rings. The Hall–Kier alpha value is -6.34. The number of unbranched alkanes of at least 4 members (excludes halogenated alkanes) is 1. The number of hydrogen-bond donors (Lipinski definition) is 6. The molecule has 1 aromatic heterocycles. The minimum Gasteiger partial charge on any atom is -0.482 e. The summed E-state index contributed by atoms with van der Waals surface area (Å²) in [7, 11) is 0. The first kappa shape index (κ1) is 42.8. The molecule has 0 bridgehead atoms. The lowest BCUT2D eigenvalue weighted by atomic mass is 10.1. The molecule has 2 aliphatic rings. The Morgan fingerprint density at radius 2 is 1.55 bits per heavy atom. The highest BCUT2D eigenvalue weighted by Crippen LogP contribution is 2.33. The van der Waals surface area contributed by atoms with Crippen LogP contribution in [0.25, 0.3) is 0 Å². The molecule has 1 aliphatic carbocycles. The van der Waals surface area contributed by atoms with Crippen molar-refractivity contribution < 1.29 is 51.8 Å². The number of aromatic nitrogens is 1. The van der Waals surface area contributed by atoms with Gasteiger partial charge in [0.1, 0.15) is 5.75 Å². The van der Waals surface area contributed by atoms with Gasteiger partial charge in [-0.3, -0.25) is 24.0 Å². The summed E-state index contributed by atoms with van der Waals surface area (Å²) in [6.45, 7) is 1.22. The number of benzene rings is 3. The highest BCUT2D eigenvalue weighted by atomic mass is 32.1. The van der Waals surface area contributed by atoms with E-state index in [4.69, 9.17) is 20.4 Å². The standard InChI is InChI=1S/C37H39N7O6S.C2HF3O2/c38-30(18-28-21-51-22-41-28)36(48)40-16-2-1-15-39-34(46)24-7-10-27(11-8-24)42-35(47)25-5-3-23(4-6-25)19-44(29-12-13-29)37(49)26-9-14-31-32(17-26)50-20-33(45)43-31;3-2(4,5)1(6)7/h3-11,14,17,21-22,29-30H,1-2,12-13,15-16,18-20,38H2,(H,39,46)(H,40,48)(H,42,47)(H,43,45);(H,6,7)/t30-;/m0./s1. The largest absolute Gasteiger partial charge is 0.490 e. The van der Waals surface area contributed by atoms with Crippen molar-refractivity contribution in [1.29, 1.82) is 0 Å². The van der Waals surface area contributed by atoms with E-state index in [1.165, 1.54) is 11.3 Å². The van der Waals surface area contributed by atoms with Crippen LogP contribution in [0.5, 0.6) is 5.75 Å². The number of aliphatic carboxylic acids is 1. The van der Waals surface area contributed by atoms with Gasteiger partial charge in [-0.25, -0.2) is 9.78 Å². The third-order valence-corrected chi connectivity index (χ3v) is 9.40. The molecule has 0 unspecified atom stereocenters. The summed E-state index contributed by atoms with van der Waals surface area (Å²) in [4.78, 5) is 77.6. The number of carboxylic acid groups (broad SMARTS) is 1. The Bertz CT molecular complexity index is 2100. The molecule has 306 valence electrons. The van der Waals surface area contributed by atoms with Gasteiger partial charge in [-0.05, 0) is 85.8 Å². The van der Waals surface area contributed by atoms with Crippen molar-refractivity contribution in [2.24, 2.45) is 5.73 Å². The summed E-state index contributed by atoms with van der Waals surface area (Å²) in [5.74, 6) is -3.39. The number of halogens is 3. The van der Waals surface area contributed by atoms with Gasteiger partial charge < -0.3 is 41.7 Å². The number of nitrogens with two attached hydrogens (primary N) is 1. The lowest BCUT2D eigenvalue weighted by Gasteiger charge is -2.24. The Morgan fingerprint density at radius 1 is 0.931 bits per heavy atom. The third kappa shape index (κ3) is 12.6. The van der Waals surface area contributed by atoms with Gasteiger partial charge in [0.2, 0.25) is 5.91 Å². The Balaban J connectivity index is 0.000000839. The predicted octanol–water partition coefficient (Wildman–Crippen LogP) is 4.36. The summed E-state index contributed by atoms with van der Waals surface area (Å²) in [6.07, 6.45) is -1.47. The monoisotopic (exact) mass is 823 g/mol. The molecule has 58 heavy (non-hydrogen) atoms. The van der Waals surface area contributed by atoms with Crippen LogP contribution in [0.2, 0.25) is 0 Å². The smallest absolute Gasteiger partial charge is 0.482 e. The number of thiazole rings is 1. The van der Waals surface area contributed by atoms with Gasteiger partial charge in [0.05, 0.1) is 22.9 Å². The normalized spacial score (nSPS) is 13.6. The molecule has 3 aromatic carbocycles. The fraction of sp³-hybridized carbons (Fsp3) is 0.308. The molecule has 0 radical (unpaired) electrons. The molecular formula is C39H40F3N7O8S. The number of hydrogen-bond acceptors (Lipinski definition) is 10. The van der Waals surface area contributed by atoms with E-state index in [0.717, 1.165) is 24.1 Å². The lowest BCUT2D eigenvalue weighted by molar-refractivity contribution is -0.192. The first-order chi connectivity index (χ1) is 27.7.